The first kappa shape index (κ1) is 20.9. The molecule has 0 bridgehead atoms. The van der Waals surface area contributed by atoms with Gasteiger partial charge in [-0.25, -0.2) is 0 Å². The second kappa shape index (κ2) is 10.6. The second-order valence-corrected chi connectivity index (χ2v) is 5.79. The summed E-state index contributed by atoms with van der Waals surface area (Å²) in [5.41, 5.74) is 10.8. The van der Waals surface area contributed by atoms with Gasteiger partial charge in [-0.3, -0.25) is 9.59 Å². The average molecular weight is 339 g/mol. The Morgan fingerprint density at radius 1 is 0.955 bits per heavy atom. The zero-order valence-corrected chi connectivity index (χ0v) is 13.6. The molecule has 0 saturated carbocycles. The van der Waals surface area contributed by atoms with Gasteiger partial charge < -0.3 is 21.7 Å². The van der Waals surface area contributed by atoms with Crippen molar-refractivity contribution in [3.63, 3.8) is 0 Å². The van der Waals surface area contributed by atoms with Crippen molar-refractivity contribution < 1.29 is 33.4 Å². The number of aliphatic carboxylic acids is 2. The highest BCUT2D eigenvalue weighted by molar-refractivity contribution is 7.33. The molecule has 0 heterocycles. The molecule has 4 atom stereocenters. The molecule has 0 amide bonds. The number of carboxylic acid groups (broad SMARTS) is 2. The van der Waals surface area contributed by atoms with Crippen LogP contribution in [0.2, 0.25) is 0 Å². The van der Waals surface area contributed by atoms with E-state index in [1.54, 1.807) is 0 Å². The third kappa shape index (κ3) is 7.24. The first-order valence-corrected chi connectivity index (χ1v) is 8.00. The number of hydrogen-bond acceptors (Lipinski definition) is 7. The Balaban J connectivity index is 4.77. The predicted octanol–water partition coefficient (Wildman–Crippen LogP) is 0.553. The Morgan fingerprint density at radius 2 is 1.27 bits per heavy atom. The van der Waals surface area contributed by atoms with Crippen LogP contribution in [0.4, 0.5) is 0 Å². The molecular formula is C12H24N2O7P+. The topological polar surface area (TPSA) is 162 Å². The summed E-state index contributed by atoms with van der Waals surface area (Å²) in [7, 11) is -2.68. The molecule has 9 nitrogen and oxygen atoms in total. The van der Waals surface area contributed by atoms with Crippen molar-refractivity contribution in [3.05, 3.63) is 0 Å². The van der Waals surface area contributed by atoms with Gasteiger partial charge in [0.25, 0.3) is 0 Å². The number of nitrogens with two attached hydrogens (primary N) is 2. The summed E-state index contributed by atoms with van der Waals surface area (Å²) in [5.74, 6) is -4.06. The van der Waals surface area contributed by atoms with E-state index in [-0.39, 0.29) is 25.9 Å². The van der Waals surface area contributed by atoms with E-state index in [0.717, 1.165) is 0 Å². The number of hydrogen-bond donors (Lipinski definition) is 4. The van der Waals surface area contributed by atoms with E-state index < -0.39 is 44.2 Å². The molecule has 128 valence electrons. The first-order valence-electron chi connectivity index (χ1n) is 6.91. The summed E-state index contributed by atoms with van der Waals surface area (Å²) >= 11 is 0. The van der Waals surface area contributed by atoms with Crippen LogP contribution in [0.1, 0.15) is 26.7 Å². The Hall–Kier alpha value is -1.12. The van der Waals surface area contributed by atoms with Crippen LogP contribution < -0.4 is 11.5 Å². The van der Waals surface area contributed by atoms with Gasteiger partial charge in [0.15, 0.2) is 0 Å². The third-order valence-electron chi connectivity index (χ3n) is 3.24. The lowest BCUT2D eigenvalue weighted by Gasteiger charge is -2.16. The zero-order chi connectivity index (χ0) is 17.3. The molecule has 10 heteroatoms. The molecule has 0 saturated heterocycles. The molecule has 0 aliphatic heterocycles. The summed E-state index contributed by atoms with van der Waals surface area (Å²) < 4.78 is 22.1. The summed E-state index contributed by atoms with van der Waals surface area (Å²) in [6.45, 7) is 3.12. The summed E-state index contributed by atoms with van der Waals surface area (Å²) in [4.78, 5) is 21.9. The van der Waals surface area contributed by atoms with E-state index in [0.29, 0.717) is 0 Å². The van der Waals surface area contributed by atoms with Gasteiger partial charge in [0.2, 0.25) is 0 Å². The molecule has 22 heavy (non-hydrogen) atoms. The molecule has 0 radical (unpaired) electrons. The number of carbonyl (C=O) groups is 2. The van der Waals surface area contributed by atoms with E-state index in [1.807, 2.05) is 0 Å². The van der Waals surface area contributed by atoms with Crippen LogP contribution >= 0.6 is 8.25 Å². The van der Waals surface area contributed by atoms with Gasteiger partial charge in [0, 0.05) is 4.57 Å². The van der Waals surface area contributed by atoms with Crippen LogP contribution in [-0.4, -0.2) is 47.4 Å². The van der Waals surface area contributed by atoms with E-state index in [1.165, 1.54) is 13.8 Å². The largest absolute Gasteiger partial charge is 0.698 e. The quantitative estimate of drug-likeness (QED) is 0.372. The van der Waals surface area contributed by atoms with Crippen LogP contribution in [0.5, 0.6) is 0 Å². The Morgan fingerprint density at radius 3 is 1.50 bits per heavy atom. The molecule has 0 aromatic rings. The maximum absolute atomic E-state index is 11.9. The highest BCUT2D eigenvalue weighted by Crippen LogP contribution is 2.34. The van der Waals surface area contributed by atoms with Crippen molar-refractivity contribution in [2.45, 2.75) is 38.9 Å². The fraction of sp³-hybridized carbons (Fsp3) is 0.833. The lowest BCUT2D eigenvalue weighted by atomic mass is 10.0. The minimum atomic E-state index is -2.68. The summed E-state index contributed by atoms with van der Waals surface area (Å²) in [5, 5.41) is 17.9. The van der Waals surface area contributed by atoms with Crippen molar-refractivity contribution in [1.29, 1.82) is 0 Å². The minimum Gasteiger partial charge on any atom is -0.481 e. The van der Waals surface area contributed by atoms with E-state index >= 15 is 0 Å². The number of rotatable bonds is 12. The van der Waals surface area contributed by atoms with Gasteiger partial charge in [-0.15, -0.1) is 9.05 Å². The van der Waals surface area contributed by atoms with Crippen molar-refractivity contribution in [2.24, 2.45) is 23.3 Å². The molecule has 0 aliphatic carbocycles. The highest BCUT2D eigenvalue weighted by atomic mass is 31.1. The van der Waals surface area contributed by atoms with Crippen LogP contribution in [0.25, 0.3) is 0 Å². The number of carboxylic acids is 2. The fourth-order valence-electron chi connectivity index (χ4n) is 1.68. The zero-order valence-electron chi connectivity index (χ0n) is 12.7. The van der Waals surface area contributed by atoms with Crippen LogP contribution in [0.15, 0.2) is 0 Å². The van der Waals surface area contributed by atoms with E-state index in [9.17, 15) is 14.2 Å². The molecule has 6 N–H and O–H groups in total. The standard InChI is InChI=1S/C12H23N2O7P/c1-7(11(15)16)9(3-5-13)20-22(19)21-10(4-6-14)8(2)12(17)18/h7-10H,3-6,13-14H2,1-2H3,(H-,15,16,17,18)/p+1. The molecular weight excluding hydrogens is 315 g/mol. The van der Waals surface area contributed by atoms with Crippen molar-refractivity contribution in [2.75, 3.05) is 13.1 Å². The molecule has 0 aromatic carbocycles. The van der Waals surface area contributed by atoms with Gasteiger partial charge in [-0.2, -0.15) is 0 Å². The smallest absolute Gasteiger partial charge is 0.481 e. The van der Waals surface area contributed by atoms with Crippen LogP contribution in [0.3, 0.4) is 0 Å². The monoisotopic (exact) mass is 339 g/mol. The van der Waals surface area contributed by atoms with Crippen LogP contribution in [-0.2, 0) is 23.2 Å². The maximum Gasteiger partial charge on any atom is 0.698 e. The SMILES string of the molecule is CC(C(=O)O)C(CCN)O[P+](=O)OC(CCN)C(C)C(=O)O. The Bertz CT molecular complexity index is 360. The van der Waals surface area contributed by atoms with Crippen molar-refractivity contribution in [1.82, 2.24) is 0 Å². The predicted molar refractivity (Wildman–Crippen MR) is 78.3 cm³/mol. The van der Waals surface area contributed by atoms with Crippen molar-refractivity contribution in [3.8, 4) is 0 Å². The molecule has 0 spiro atoms. The molecule has 0 fully saturated rings. The highest BCUT2D eigenvalue weighted by Gasteiger charge is 2.39. The lowest BCUT2D eigenvalue weighted by molar-refractivity contribution is -0.144. The average Bonchev–Trinajstić information content (AvgIpc) is 2.44. The van der Waals surface area contributed by atoms with Crippen molar-refractivity contribution >= 4 is 20.2 Å². The van der Waals surface area contributed by atoms with E-state index in [2.05, 4.69) is 0 Å². The Labute approximate surface area is 129 Å². The third-order valence-corrected chi connectivity index (χ3v) is 4.13. The second-order valence-electron chi connectivity index (χ2n) is 4.92. The first-order chi connectivity index (χ1) is 10.2. The minimum absolute atomic E-state index is 0.156. The normalized spacial score (nSPS) is 17.4. The Kier molecular flexibility index (Phi) is 10.0. The lowest BCUT2D eigenvalue weighted by Crippen LogP contribution is -2.31. The van der Waals surface area contributed by atoms with Gasteiger partial charge >= 0.3 is 20.2 Å². The fourth-order valence-corrected chi connectivity index (χ4v) is 2.75. The molecule has 4 unspecified atom stereocenters. The summed E-state index contributed by atoms with van der Waals surface area (Å²) in [6, 6.07) is 0. The summed E-state index contributed by atoms with van der Waals surface area (Å²) in [6.07, 6.45) is -1.39. The maximum atomic E-state index is 11.9. The molecule has 0 aliphatic rings. The van der Waals surface area contributed by atoms with Gasteiger partial charge in [0.05, 0.1) is 11.8 Å². The van der Waals surface area contributed by atoms with Crippen LogP contribution in [0, 0.1) is 11.8 Å². The van der Waals surface area contributed by atoms with E-state index in [4.69, 9.17) is 30.7 Å². The van der Waals surface area contributed by atoms with Gasteiger partial charge in [-0.1, -0.05) is 0 Å². The van der Waals surface area contributed by atoms with Gasteiger partial charge in [0.1, 0.15) is 12.2 Å². The molecule has 0 rings (SSSR count). The molecule has 0 aromatic heterocycles. The van der Waals surface area contributed by atoms with Gasteiger partial charge in [-0.05, 0) is 39.8 Å².